The Kier molecular flexibility index (Phi) is 6.86. The monoisotopic (exact) mass is 386 g/mol. The summed E-state index contributed by atoms with van der Waals surface area (Å²) in [5.74, 6) is -0.427. The number of aromatic nitrogens is 3. The Hall–Kier alpha value is -3.23. The van der Waals surface area contributed by atoms with Crippen LogP contribution >= 0.6 is 0 Å². The number of carbonyl (C=O) groups is 2. The standard InChI is InChI=1S/C19H26N6O3/c1-11(2)15(23-16(26)13-8-6-7-12(3)9-13)17(27)28-10-14-21-18(20)24-19(22-14)25(4)5/h6-9,11,15H,10H2,1-5H3,(H,23,26)(H2,20,21,22,24)/t15-/m0/s1. The van der Waals surface area contributed by atoms with Crippen molar-refractivity contribution in [2.24, 2.45) is 5.92 Å². The second-order valence-electron chi connectivity index (χ2n) is 6.98. The SMILES string of the molecule is Cc1cccc(C(=O)N[C@H](C(=O)OCc2nc(N)nc(N(C)C)n2)C(C)C)c1. The quantitative estimate of drug-likeness (QED) is 0.683. The van der Waals surface area contributed by atoms with E-state index in [4.69, 9.17) is 10.5 Å². The molecule has 0 aliphatic heterocycles. The Labute approximate surface area is 164 Å². The molecule has 150 valence electrons. The van der Waals surface area contributed by atoms with Crippen LogP contribution in [0.4, 0.5) is 11.9 Å². The van der Waals surface area contributed by atoms with E-state index in [9.17, 15) is 9.59 Å². The van der Waals surface area contributed by atoms with Gasteiger partial charge in [-0.05, 0) is 25.0 Å². The molecule has 0 spiro atoms. The van der Waals surface area contributed by atoms with Gasteiger partial charge in [-0.15, -0.1) is 0 Å². The number of esters is 1. The highest BCUT2D eigenvalue weighted by Crippen LogP contribution is 2.11. The topological polar surface area (TPSA) is 123 Å². The van der Waals surface area contributed by atoms with Gasteiger partial charge in [-0.1, -0.05) is 31.5 Å². The molecule has 1 heterocycles. The Balaban J connectivity index is 2.06. The van der Waals surface area contributed by atoms with Gasteiger partial charge in [0.2, 0.25) is 11.9 Å². The second-order valence-corrected chi connectivity index (χ2v) is 6.98. The molecule has 28 heavy (non-hydrogen) atoms. The number of ether oxygens (including phenoxy) is 1. The van der Waals surface area contributed by atoms with Crippen LogP contribution in [0.1, 0.15) is 35.6 Å². The van der Waals surface area contributed by atoms with E-state index in [-0.39, 0.29) is 30.2 Å². The molecule has 9 heteroatoms. The predicted molar refractivity (Wildman–Crippen MR) is 106 cm³/mol. The first-order valence-corrected chi connectivity index (χ1v) is 8.89. The lowest BCUT2D eigenvalue weighted by molar-refractivity contribution is -0.148. The third kappa shape index (κ3) is 5.63. The van der Waals surface area contributed by atoms with Crippen molar-refractivity contribution in [2.45, 2.75) is 33.4 Å². The predicted octanol–water partition coefficient (Wildman–Crippen LogP) is 1.33. The minimum atomic E-state index is -0.805. The molecule has 0 saturated heterocycles. The maximum atomic E-state index is 12.5. The number of amides is 1. The van der Waals surface area contributed by atoms with Gasteiger partial charge in [0.05, 0.1) is 0 Å². The summed E-state index contributed by atoms with van der Waals surface area (Å²) in [5.41, 5.74) is 7.11. The van der Waals surface area contributed by atoms with Gasteiger partial charge in [-0.2, -0.15) is 15.0 Å². The van der Waals surface area contributed by atoms with Crippen molar-refractivity contribution in [3.8, 4) is 0 Å². The van der Waals surface area contributed by atoms with Crippen LogP contribution in [0.25, 0.3) is 0 Å². The summed E-state index contributed by atoms with van der Waals surface area (Å²) in [6.45, 7) is 5.38. The smallest absolute Gasteiger partial charge is 0.329 e. The first kappa shape index (κ1) is 21.1. The second kappa shape index (κ2) is 9.12. The number of carbonyl (C=O) groups excluding carboxylic acids is 2. The summed E-state index contributed by atoms with van der Waals surface area (Å²) in [4.78, 5) is 38.8. The van der Waals surface area contributed by atoms with Gasteiger partial charge in [-0.25, -0.2) is 4.79 Å². The highest BCUT2D eigenvalue weighted by molar-refractivity contribution is 5.97. The minimum absolute atomic E-state index is 0.0397. The zero-order chi connectivity index (χ0) is 20.8. The molecule has 2 rings (SSSR count). The normalized spacial score (nSPS) is 11.8. The molecular formula is C19H26N6O3. The van der Waals surface area contributed by atoms with E-state index >= 15 is 0 Å². The molecule has 0 aliphatic rings. The number of aryl methyl sites for hydroxylation is 1. The largest absolute Gasteiger partial charge is 0.456 e. The van der Waals surface area contributed by atoms with Crippen LogP contribution in [0.3, 0.4) is 0 Å². The van der Waals surface area contributed by atoms with Gasteiger partial charge in [0.1, 0.15) is 6.04 Å². The number of hydrogen-bond donors (Lipinski definition) is 2. The van der Waals surface area contributed by atoms with Gasteiger partial charge in [0, 0.05) is 19.7 Å². The summed E-state index contributed by atoms with van der Waals surface area (Å²) in [5, 5.41) is 2.74. The van der Waals surface area contributed by atoms with Crippen molar-refractivity contribution < 1.29 is 14.3 Å². The molecule has 0 aliphatic carbocycles. The Morgan fingerprint density at radius 2 is 1.93 bits per heavy atom. The molecule has 1 aromatic heterocycles. The Bertz CT molecular complexity index is 853. The van der Waals surface area contributed by atoms with E-state index in [1.54, 1.807) is 37.2 Å². The first-order valence-electron chi connectivity index (χ1n) is 8.89. The average molecular weight is 386 g/mol. The van der Waals surface area contributed by atoms with Crippen molar-refractivity contribution in [3.05, 3.63) is 41.2 Å². The van der Waals surface area contributed by atoms with Crippen molar-refractivity contribution in [3.63, 3.8) is 0 Å². The zero-order valence-electron chi connectivity index (χ0n) is 16.8. The molecule has 1 aromatic carbocycles. The summed E-state index contributed by atoms with van der Waals surface area (Å²) in [6, 6.07) is 6.34. The fraction of sp³-hybridized carbons (Fsp3) is 0.421. The third-order valence-electron chi connectivity index (χ3n) is 3.92. The van der Waals surface area contributed by atoms with E-state index < -0.39 is 12.0 Å². The summed E-state index contributed by atoms with van der Waals surface area (Å²) < 4.78 is 5.32. The number of nitrogens with one attached hydrogen (secondary N) is 1. The Morgan fingerprint density at radius 1 is 1.21 bits per heavy atom. The number of nitrogens with two attached hydrogens (primary N) is 1. The van der Waals surface area contributed by atoms with Crippen LogP contribution < -0.4 is 16.0 Å². The van der Waals surface area contributed by atoms with Crippen LogP contribution in [-0.4, -0.2) is 47.0 Å². The van der Waals surface area contributed by atoms with Crippen molar-refractivity contribution in [1.82, 2.24) is 20.3 Å². The fourth-order valence-electron chi connectivity index (χ4n) is 2.42. The lowest BCUT2D eigenvalue weighted by atomic mass is 10.0. The van der Waals surface area contributed by atoms with E-state index in [1.807, 2.05) is 26.8 Å². The first-order chi connectivity index (χ1) is 13.2. The maximum absolute atomic E-state index is 12.5. The molecule has 1 atom stereocenters. The molecule has 0 saturated carbocycles. The number of nitrogens with zero attached hydrogens (tertiary/aromatic N) is 4. The van der Waals surface area contributed by atoms with Crippen LogP contribution in [-0.2, 0) is 16.1 Å². The number of benzene rings is 1. The minimum Gasteiger partial charge on any atom is -0.456 e. The number of anilines is 2. The van der Waals surface area contributed by atoms with Crippen molar-refractivity contribution in [1.29, 1.82) is 0 Å². The summed E-state index contributed by atoms with van der Waals surface area (Å²) >= 11 is 0. The van der Waals surface area contributed by atoms with Crippen LogP contribution in [0, 0.1) is 12.8 Å². The number of nitrogen functional groups attached to an aromatic ring is 1. The molecule has 0 unspecified atom stereocenters. The highest BCUT2D eigenvalue weighted by Gasteiger charge is 2.26. The van der Waals surface area contributed by atoms with Crippen molar-refractivity contribution in [2.75, 3.05) is 24.7 Å². The zero-order valence-corrected chi connectivity index (χ0v) is 16.8. The number of rotatable bonds is 7. The highest BCUT2D eigenvalue weighted by atomic mass is 16.5. The third-order valence-corrected chi connectivity index (χ3v) is 3.92. The molecule has 3 N–H and O–H groups in total. The average Bonchev–Trinajstić information content (AvgIpc) is 2.63. The van der Waals surface area contributed by atoms with Crippen LogP contribution in [0.15, 0.2) is 24.3 Å². The maximum Gasteiger partial charge on any atom is 0.329 e. The van der Waals surface area contributed by atoms with Gasteiger partial charge in [-0.3, -0.25) is 4.79 Å². The van der Waals surface area contributed by atoms with Gasteiger partial charge < -0.3 is 20.7 Å². The molecule has 2 aromatic rings. The van der Waals surface area contributed by atoms with Gasteiger partial charge in [0.15, 0.2) is 12.4 Å². The fourth-order valence-corrected chi connectivity index (χ4v) is 2.42. The summed E-state index contributed by atoms with van der Waals surface area (Å²) in [7, 11) is 3.53. The molecule has 0 fully saturated rings. The summed E-state index contributed by atoms with van der Waals surface area (Å²) in [6.07, 6.45) is 0. The number of hydrogen-bond acceptors (Lipinski definition) is 8. The van der Waals surface area contributed by atoms with Gasteiger partial charge >= 0.3 is 5.97 Å². The van der Waals surface area contributed by atoms with E-state index in [1.165, 1.54) is 0 Å². The van der Waals surface area contributed by atoms with Crippen LogP contribution in [0.5, 0.6) is 0 Å². The van der Waals surface area contributed by atoms with Gasteiger partial charge in [0.25, 0.3) is 5.91 Å². The Morgan fingerprint density at radius 3 is 2.54 bits per heavy atom. The molecule has 0 bridgehead atoms. The van der Waals surface area contributed by atoms with E-state index in [0.717, 1.165) is 5.56 Å². The van der Waals surface area contributed by atoms with Crippen LogP contribution in [0.2, 0.25) is 0 Å². The molecule has 1 amide bonds. The lowest BCUT2D eigenvalue weighted by Crippen LogP contribution is -2.45. The molecule has 9 nitrogen and oxygen atoms in total. The molecule has 0 radical (unpaired) electrons. The van der Waals surface area contributed by atoms with E-state index in [0.29, 0.717) is 11.5 Å². The lowest BCUT2D eigenvalue weighted by Gasteiger charge is -2.21. The molecular weight excluding hydrogens is 360 g/mol. The van der Waals surface area contributed by atoms with E-state index in [2.05, 4.69) is 20.3 Å². The van der Waals surface area contributed by atoms with Crippen molar-refractivity contribution >= 4 is 23.8 Å².